The largest absolute Gasteiger partial charge is 0.355 e. The van der Waals surface area contributed by atoms with Gasteiger partial charge in [-0.25, -0.2) is 0 Å². The van der Waals surface area contributed by atoms with E-state index in [1.165, 1.54) is 12.8 Å². The highest BCUT2D eigenvalue weighted by Crippen LogP contribution is 2.20. The summed E-state index contributed by atoms with van der Waals surface area (Å²) in [5.74, 6) is 1.76. The Hall–Kier alpha value is -2.71. The Labute approximate surface area is 146 Å². The van der Waals surface area contributed by atoms with Crippen molar-refractivity contribution in [1.29, 1.82) is 0 Å². The lowest BCUT2D eigenvalue weighted by Crippen LogP contribution is -2.49. The van der Waals surface area contributed by atoms with Crippen molar-refractivity contribution in [3.8, 4) is 0 Å². The third kappa shape index (κ3) is 3.26. The summed E-state index contributed by atoms with van der Waals surface area (Å²) < 4.78 is 1.54. The molecule has 1 amide bonds. The number of carbonyl (C=O) groups is 1. The molecule has 4 heterocycles. The van der Waals surface area contributed by atoms with Crippen molar-refractivity contribution in [2.75, 3.05) is 49.1 Å². The second kappa shape index (κ2) is 6.66. The van der Waals surface area contributed by atoms with Crippen LogP contribution in [0.15, 0.2) is 18.3 Å². The van der Waals surface area contributed by atoms with Crippen LogP contribution in [0, 0.1) is 0 Å². The quantitative estimate of drug-likeness (QED) is 0.786. The number of amides is 1. The molecule has 2 aliphatic heterocycles. The Balaban J connectivity index is 1.36. The van der Waals surface area contributed by atoms with Gasteiger partial charge in [0.1, 0.15) is 0 Å². The zero-order chi connectivity index (χ0) is 17.2. The molecule has 0 N–H and O–H groups in total. The summed E-state index contributed by atoms with van der Waals surface area (Å²) in [4.78, 5) is 18.7. The Morgan fingerprint density at radius 2 is 1.48 bits per heavy atom. The molecule has 0 atom stereocenters. The van der Waals surface area contributed by atoms with Crippen LogP contribution in [0.4, 0.5) is 11.6 Å². The first kappa shape index (κ1) is 15.8. The minimum absolute atomic E-state index is 0.0665. The Kier molecular flexibility index (Phi) is 4.21. The van der Waals surface area contributed by atoms with Crippen molar-refractivity contribution in [2.24, 2.45) is 7.05 Å². The Morgan fingerprint density at radius 1 is 0.880 bits per heavy atom. The van der Waals surface area contributed by atoms with Crippen molar-refractivity contribution in [2.45, 2.75) is 12.8 Å². The number of nitrogens with zero attached hydrogens (tertiary/aromatic N) is 8. The average molecular weight is 342 g/mol. The summed E-state index contributed by atoms with van der Waals surface area (Å²) >= 11 is 0. The number of hydrogen-bond acceptors (Lipinski definition) is 7. The van der Waals surface area contributed by atoms with E-state index in [2.05, 4.69) is 30.3 Å². The van der Waals surface area contributed by atoms with Crippen molar-refractivity contribution in [3.05, 3.63) is 24.0 Å². The van der Waals surface area contributed by atoms with Crippen LogP contribution in [-0.4, -0.2) is 75.3 Å². The molecule has 0 saturated carbocycles. The molecule has 0 aromatic carbocycles. The first-order chi connectivity index (χ1) is 12.2. The second-order valence-electron chi connectivity index (χ2n) is 6.50. The fraction of sp³-hybridized carbons (Fsp3) is 0.562. The van der Waals surface area contributed by atoms with Crippen LogP contribution in [0.25, 0.3) is 0 Å². The molecule has 132 valence electrons. The highest BCUT2D eigenvalue weighted by Gasteiger charge is 2.25. The van der Waals surface area contributed by atoms with Gasteiger partial charge in [-0.15, -0.1) is 15.3 Å². The minimum atomic E-state index is -0.0665. The smallest absolute Gasteiger partial charge is 0.276 e. The maximum atomic E-state index is 12.4. The van der Waals surface area contributed by atoms with Gasteiger partial charge in [0.15, 0.2) is 17.3 Å². The standard InChI is InChI=1S/C16H22N8O/c1-21-12-13(17-20-21)16(25)24-10-8-23(9-11-24)15-5-4-14(18-19-15)22-6-2-3-7-22/h4-5,12H,2-3,6-11H2,1H3. The van der Waals surface area contributed by atoms with Crippen LogP contribution in [0.2, 0.25) is 0 Å². The first-order valence-electron chi connectivity index (χ1n) is 8.70. The Bertz CT molecular complexity index is 729. The molecule has 0 bridgehead atoms. The van der Waals surface area contributed by atoms with E-state index in [1.54, 1.807) is 17.9 Å². The molecule has 4 rings (SSSR count). The zero-order valence-corrected chi connectivity index (χ0v) is 14.4. The van der Waals surface area contributed by atoms with Crippen molar-refractivity contribution in [3.63, 3.8) is 0 Å². The molecule has 9 heteroatoms. The average Bonchev–Trinajstić information content (AvgIpc) is 3.33. The van der Waals surface area contributed by atoms with E-state index >= 15 is 0 Å². The van der Waals surface area contributed by atoms with Crippen molar-refractivity contribution >= 4 is 17.5 Å². The molecule has 0 unspecified atom stereocenters. The van der Waals surface area contributed by atoms with Crippen LogP contribution in [-0.2, 0) is 7.05 Å². The number of hydrogen-bond donors (Lipinski definition) is 0. The van der Waals surface area contributed by atoms with Gasteiger partial charge < -0.3 is 14.7 Å². The fourth-order valence-corrected chi connectivity index (χ4v) is 3.35. The van der Waals surface area contributed by atoms with E-state index in [1.807, 2.05) is 17.0 Å². The van der Waals surface area contributed by atoms with E-state index < -0.39 is 0 Å². The molecule has 2 aromatic rings. The third-order valence-corrected chi connectivity index (χ3v) is 4.78. The number of anilines is 2. The summed E-state index contributed by atoms with van der Waals surface area (Å²) in [6.45, 7) is 4.90. The highest BCUT2D eigenvalue weighted by molar-refractivity contribution is 5.92. The van der Waals surface area contributed by atoms with Gasteiger partial charge in [-0.3, -0.25) is 9.48 Å². The first-order valence-corrected chi connectivity index (χ1v) is 8.70. The molecular weight excluding hydrogens is 320 g/mol. The topological polar surface area (TPSA) is 83.3 Å². The lowest BCUT2D eigenvalue weighted by atomic mass is 10.3. The van der Waals surface area contributed by atoms with Crippen LogP contribution < -0.4 is 9.80 Å². The number of aromatic nitrogens is 5. The van der Waals surface area contributed by atoms with Crippen LogP contribution in [0.5, 0.6) is 0 Å². The predicted octanol–water partition coefficient (Wildman–Crippen LogP) is 0.168. The molecule has 2 aliphatic rings. The lowest BCUT2D eigenvalue weighted by molar-refractivity contribution is 0.0740. The number of piperazine rings is 1. The predicted molar refractivity (Wildman–Crippen MR) is 92.6 cm³/mol. The SMILES string of the molecule is Cn1cc(C(=O)N2CCN(c3ccc(N4CCCC4)nn3)CC2)nn1. The number of aryl methyl sites for hydroxylation is 1. The van der Waals surface area contributed by atoms with Crippen molar-refractivity contribution in [1.82, 2.24) is 30.1 Å². The van der Waals surface area contributed by atoms with Gasteiger partial charge >= 0.3 is 0 Å². The van der Waals surface area contributed by atoms with Crippen molar-refractivity contribution < 1.29 is 4.79 Å². The van der Waals surface area contributed by atoms with Gasteiger partial charge in [0.25, 0.3) is 5.91 Å². The molecule has 0 radical (unpaired) electrons. The molecule has 2 fully saturated rings. The minimum Gasteiger partial charge on any atom is -0.355 e. The summed E-state index contributed by atoms with van der Waals surface area (Å²) in [5.41, 5.74) is 0.394. The van der Waals surface area contributed by atoms with E-state index in [0.29, 0.717) is 18.8 Å². The normalized spacial score (nSPS) is 18.0. The molecule has 25 heavy (non-hydrogen) atoms. The van der Waals surface area contributed by atoms with Gasteiger partial charge in [0, 0.05) is 46.3 Å². The second-order valence-corrected chi connectivity index (χ2v) is 6.50. The molecule has 0 spiro atoms. The van der Waals surface area contributed by atoms with Gasteiger partial charge in [0.05, 0.1) is 6.20 Å². The van der Waals surface area contributed by atoms with E-state index in [4.69, 9.17) is 0 Å². The monoisotopic (exact) mass is 342 g/mol. The summed E-state index contributed by atoms with van der Waals surface area (Å²) in [7, 11) is 1.76. The van der Waals surface area contributed by atoms with Gasteiger partial charge in [-0.2, -0.15) is 0 Å². The van der Waals surface area contributed by atoms with E-state index in [9.17, 15) is 4.79 Å². The molecular formula is C16H22N8O. The van der Waals surface area contributed by atoms with Gasteiger partial charge in [-0.05, 0) is 25.0 Å². The lowest BCUT2D eigenvalue weighted by Gasteiger charge is -2.34. The van der Waals surface area contributed by atoms with Crippen LogP contribution in [0.3, 0.4) is 0 Å². The summed E-state index contributed by atoms with van der Waals surface area (Å²) in [6, 6.07) is 4.07. The fourth-order valence-electron chi connectivity index (χ4n) is 3.35. The van der Waals surface area contributed by atoms with Gasteiger partial charge in [0.2, 0.25) is 0 Å². The van der Waals surface area contributed by atoms with E-state index in [0.717, 1.165) is 37.8 Å². The molecule has 0 aliphatic carbocycles. The maximum absolute atomic E-state index is 12.4. The van der Waals surface area contributed by atoms with Crippen LogP contribution in [0.1, 0.15) is 23.3 Å². The van der Waals surface area contributed by atoms with E-state index in [-0.39, 0.29) is 5.91 Å². The summed E-state index contributed by atoms with van der Waals surface area (Å²) in [6.07, 6.45) is 4.10. The summed E-state index contributed by atoms with van der Waals surface area (Å²) in [5, 5.41) is 16.5. The van der Waals surface area contributed by atoms with Gasteiger partial charge in [-0.1, -0.05) is 5.21 Å². The number of rotatable bonds is 3. The molecule has 2 aromatic heterocycles. The van der Waals surface area contributed by atoms with Crippen LogP contribution >= 0.6 is 0 Å². The highest BCUT2D eigenvalue weighted by atomic mass is 16.2. The maximum Gasteiger partial charge on any atom is 0.276 e. The number of carbonyl (C=O) groups excluding carboxylic acids is 1. The zero-order valence-electron chi connectivity index (χ0n) is 14.4. The molecule has 9 nitrogen and oxygen atoms in total. The third-order valence-electron chi connectivity index (χ3n) is 4.78. The Morgan fingerprint density at radius 3 is 2.00 bits per heavy atom. The molecule has 2 saturated heterocycles.